The summed E-state index contributed by atoms with van der Waals surface area (Å²) in [5.41, 5.74) is 3.64. The van der Waals surface area contributed by atoms with E-state index in [1.54, 1.807) is 0 Å². The summed E-state index contributed by atoms with van der Waals surface area (Å²) in [5.74, 6) is 0.532. The molecular weight excluding hydrogens is 303 g/mol. The van der Waals surface area contributed by atoms with Crippen molar-refractivity contribution in [2.45, 2.75) is 6.92 Å². The van der Waals surface area contributed by atoms with E-state index in [4.69, 9.17) is 23.2 Å². The van der Waals surface area contributed by atoms with Gasteiger partial charge >= 0.3 is 0 Å². The summed E-state index contributed by atoms with van der Waals surface area (Å²) in [5, 5.41) is 0.716. The summed E-state index contributed by atoms with van der Waals surface area (Å²) in [6.45, 7) is 2.03. The quantitative estimate of drug-likeness (QED) is 0.590. The summed E-state index contributed by atoms with van der Waals surface area (Å²) in [6.07, 6.45) is 0. The zero-order valence-corrected chi connectivity index (χ0v) is 12.9. The van der Waals surface area contributed by atoms with Gasteiger partial charge in [-0.2, -0.15) is 0 Å². The number of nitrogens with zero attached hydrogens (tertiary/aromatic N) is 2. The van der Waals surface area contributed by atoms with Crippen molar-refractivity contribution in [3.05, 3.63) is 70.5 Å². The van der Waals surface area contributed by atoms with Gasteiger partial charge in [-0.15, -0.1) is 0 Å². The monoisotopic (exact) mass is 314 g/mol. The van der Waals surface area contributed by atoms with Gasteiger partial charge in [0.05, 0.1) is 5.56 Å². The van der Waals surface area contributed by atoms with Crippen LogP contribution in [0.15, 0.2) is 54.6 Å². The molecule has 0 fully saturated rings. The highest BCUT2D eigenvalue weighted by Gasteiger charge is 2.14. The Bertz CT molecular complexity index is 746. The van der Waals surface area contributed by atoms with E-state index in [2.05, 4.69) is 9.97 Å². The fourth-order valence-corrected chi connectivity index (χ4v) is 2.69. The Balaban J connectivity index is 2.10. The minimum absolute atomic E-state index is 0.358. The molecule has 0 saturated heterocycles. The van der Waals surface area contributed by atoms with Crippen LogP contribution in [0.2, 0.25) is 10.3 Å². The lowest BCUT2D eigenvalue weighted by atomic mass is 10.1. The third kappa shape index (κ3) is 2.92. The minimum Gasteiger partial charge on any atom is -0.216 e. The largest absolute Gasteiger partial charge is 0.216 e. The summed E-state index contributed by atoms with van der Waals surface area (Å²) in [6, 6.07) is 17.6. The van der Waals surface area contributed by atoms with E-state index < -0.39 is 0 Å². The summed E-state index contributed by atoms with van der Waals surface area (Å²) < 4.78 is 0. The van der Waals surface area contributed by atoms with Crippen molar-refractivity contribution < 1.29 is 0 Å². The maximum atomic E-state index is 6.31. The first kappa shape index (κ1) is 14.1. The Kier molecular flexibility index (Phi) is 3.91. The second-order valence-electron chi connectivity index (χ2n) is 4.74. The SMILES string of the molecule is Cc1ccc(-c2nc(Cl)c(-c3ccccc3)c(Cl)n2)cc1. The molecule has 0 aliphatic rings. The molecular formula is C17H12Cl2N2. The minimum atomic E-state index is 0.358. The van der Waals surface area contributed by atoms with Crippen LogP contribution in [0.3, 0.4) is 0 Å². The summed E-state index contributed by atoms with van der Waals surface area (Å²) in [4.78, 5) is 8.76. The van der Waals surface area contributed by atoms with Crippen LogP contribution < -0.4 is 0 Å². The lowest BCUT2D eigenvalue weighted by Gasteiger charge is -2.08. The maximum Gasteiger partial charge on any atom is 0.162 e. The number of rotatable bonds is 2. The van der Waals surface area contributed by atoms with Crippen LogP contribution >= 0.6 is 23.2 Å². The van der Waals surface area contributed by atoms with Gasteiger partial charge in [0.15, 0.2) is 5.82 Å². The van der Waals surface area contributed by atoms with Crippen LogP contribution in [0, 0.1) is 6.92 Å². The molecule has 2 nitrogen and oxygen atoms in total. The second-order valence-corrected chi connectivity index (χ2v) is 5.45. The van der Waals surface area contributed by atoms with Crippen molar-refractivity contribution >= 4 is 23.2 Å². The van der Waals surface area contributed by atoms with Gasteiger partial charge in [-0.25, -0.2) is 9.97 Å². The molecule has 0 saturated carbocycles. The molecule has 0 N–H and O–H groups in total. The topological polar surface area (TPSA) is 25.8 Å². The number of hydrogen-bond acceptors (Lipinski definition) is 2. The van der Waals surface area contributed by atoms with Gasteiger partial charge in [0.2, 0.25) is 0 Å². The van der Waals surface area contributed by atoms with Crippen molar-refractivity contribution in [3.63, 3.8) is 0 Å². The van der Waals surface area contributed by atoms with Gasteiger partial charge in [0.25, 0.3) is 0 Å². The van der Waals surface area contributed by atoms with Gasteiger partial charge in [-0.3, -0.25) is 0 Å². The lowest BCUT2D eigenvalue weighted by molar-refractivity contribution is 1.18. The highest BCUT2D eigenvalue weighted by molar-refractivity contribution is 6.37. The molecule has 0 bridgehead atoms. The predicted octanol–water partition coefficient (Wildman–Crippen LogP) is 5.43. The van der Waals surface area contributed by atoms with Gasteiger partial charge in [0, 0.05) is 5.56 Å². The number of aryl methyl sites for hydroxylation is 1. The normalized spacial score (nSPS) is 10.6. The summed E-state index contributed by atoms with van der Waals surface area (Å²) >= 11 is 12.6. The first-order valence-electron chi connectivity index (χ1n) is 6.50. The van der Waals surface area contributed by atoms with E-state index in [0.29, 0.717) is 21.7 Å². The molecule has 1 aromatic heterocycles. The molecule has 0 aliphatic carbocycles. The molecule has 4 heteroatoms. The molecule has 0 amide bonds. The highest BCUT2D eigenvalue weighted by Crippen LogP contribution is 2.33. The molecule has 0 aliphatic heterocycles. The zero-order valence-electron chi connectivity index (χ0n) is 11.3. The van der Waals surface area contributed by atoms with Crippen LogP contribution in [0.1, 0.15) is 5.56 Å². The molecule has 0 unspecified atom stereocenters. The molecule has 2 aromatic carbocycles. The van der Waals surface area contributed by atoms with E-state index in [-0.39, 0.29) is 0 Å². The summed E-state index contributed by atoms with van der Waals surface area (Å²) in [7, 11) is 0. The zero-order chi connectivity index (χ0) is 14.8. The Labute approximate surface area is 133 Å². The Morgan fingerprint density at radius 1 is 0.714 bits per heavy atom. The van der Waals surface area contributed by atoms with Crippen LogP contribution in [-0.4, -0.2) is 9.97 Å². The molecule has 3 aromatic rings. The molecule has 0 radical (unpaired) electrons. The average molecular weight is 315 g/mol. The van der Waals surface area contributed by atoms with E-state index in [1.165, 1.54) is 5.56 Å². The van der Waals surface area contributed by atoms with Crippen molar-refractivity contribution in [2.75, 3.05) is 0 Å². The molecule has 3 rings (SSSR count). The average Bonchev–Trinajstić information content (AvgIpc) is 2.48. The predicted molar refractivity (Wildman–Crippen MR) is 87.7 cm³/mol. The Morgan fingerprint density at radius 2 is 1.29 bits per heavy atom. The van der Waals surface area contributed by atoms with E-state index in [1.807, 2.05) is 61.5 Å². The van der Waals surface area contributed by atoms with Gasteiger partial charge < -0.3 is 0 Å². The van der Waals surface area contributed by atoms with Gasteiger partial charge in [-0.05, 0) is 12.5 Å². The highest BCUT2D eigenvalue weighted by atomic mass is 35.5. The molecule has 21 heavy (non-hydrogen) atoms. The van der Waals surface area contributed by atoms with Crippen molar-refractivity contribution in [3.8, 4) is 22.5 Å². The molecule has 0 atom stereocenters. The smallest absolute Gasteiger partial charge is 0.162 e. The third-order valence-electron chi connectivity index (χ3n) is 3.19. The Hall–Kier alpha value is -1.90. The van der Waals surface area contributed by atoms with Crippen LogP contribution in [-0.2, 0) is 0 Å². The second kappa shape index (κ2) is 5.84. The van der Waals surface area contributed by atoms with Crippen LogP contribution in [0.4, 0.5) is 0 Å². The molecule has 1 heterocycles. The first-order valence-corrected chi connectivity index (χ1v) is 7.26. The van der Waals surface area contributed by atoms with Crippen molar-refractivity contribution in [1.82, 2.24) is 9.97 Å². The van der Waals surface area contributed by atoms with Crippen molar-refractivity contribution in [2.24, 2.45) is 0 Å². The maximum absolute atomic E-state index is 6.31. The first-order chi connectivity index (χ1) is 10.1. The van der Waals surface area contributed by atoms with Crippen LogP contribution in [0.5, 0.6) is 0 Å². The number of benzene rings is 2. The number of hydrogen-bond donors (Lipinski definition) is 0. The fraction of sp³-hybridized carbons (Fsp3) is 0.0588. The number of aromatic nitrogens is 2. The molecule has 104 valence electrons. The van der Waals surface area contributed by atoms with Gasteiger partial charge in [-0.1, -0.05) is 83.4 Å². The Morgan fingerprint density at radius 3 is 1.86 bits per heavy atom. The van der Waals surface area contributed by atoms with E-state index in [9.17, 15) is 0 Å². The molecule has 0 spiro atoms. The van der Waals surface area contributed by atoms with E-state index in [0.717, 1.165) is 11.1 Å². The fourth-order valence-electron chi connectivity index (χ4n) is 2.08. The standard InChI is InChI=1S/C17H12Cl2N2/c1-11-7-9-13(10-8-11)17-20-15(18)14(16(19)21-17)12-5-3-2-4-6-12/h2-10H,1H3. The lowest BCUT2D eigenvalue weighted by Crippen LogP contribution is -1.94. The van der Waals surface area contributed by atoms with E-state index >= 15 is 0 Å². The van der Waals surface area contributed by atoms with Crippen LogP contribution in [0.25, 0.3) is 22.5 Å². The van der Waals surface area contributed by atoms with Gasteiger partial charge in [0.1, 0.15) is 10.3 Å². The van der Waals surface area contributed by atoms with Crippen molar-refractivity contribution in [1.29, 1.82) is 0 Å². The third-order valence-corrected chi connectivity index (χ3v) is 3.74. The number of halogens is 2.